The van der Waals surface area contributed by atoms with Crippen molar-refractivity contribution in [1.82, 2.24) is 4.98 Å². The van der Waals surface area contributed by atoms with Gasteiger partial charge in [0, 0.05) is 24.7 Å². The fraction of sp³-hybridized carbons (Fsp3) is 0.259. The van der Waals surface area contributed by atoms with Crippen LogP contribution in [0, 0.1) is 23.0 Å². The van der Waals surface area contributed by atoms with Crippen LogP contribution in [0.25, 0.3) is 0 Å². The van der Waals surface area contributed by atoms with E-state index in [2.05, 4.69) is 9.98 Å². The smallest absolute Gasteiger partial charge is 0.309 e. The van der Waals surface area contributed by atoms with E-state index < -0.39 is 40.7 Å². The van der Waals surface area contributed by atoms with Crippen molar-refractivity contribution >= 4 is 29.1 Å². The van der Waals surface area contributed by atoms with Crippen molar-refractivity contribution in [3.63, 3.8) is 0 Å². The highest BCUT2D eigenvalue weighted by Crippen LogP contribution is 2.41. The summed E-state index contributed by atoms with van der Waals surface area (Å²) in [5.74, 6) is -5.49. The minimum atomic E-state index is -1.16. The Bertz CT molecular complexity index is 1490. The molecule has 0 amide bonds. The molecule has 0 spiro atoms. The number of ether oxygens (including phenoxy) is 3. The molecule has 1 aromatic heterocycles. The van der Waals surface area contributed by atoms with E-state index in [1.54, 1.807) is 19.1 Å². The topological polar surface area (TPSA) is 195 Å². The average Bonchev–Trinajstić information content (AvgIpc) is 2.93. The Kier molecular flexibility index (Phi) is 8.70. The minimum Gasteiger partial charge on any atom is -0.504 e. The highest BCUT2D eigenvalue weighted by Gasteiger charge is 2.32. The molecule has 216 valence electrons. The maximum atomic E-state index is 15.9. The van der Waals surface area contributed by atoms with Crippen LogP contribution in [0.15, 0.2) is 47.5 Å². The van der Waals surface area contributed by atoms with Crippen LogP contribution in [-0.2, 0) is 9.53 Å². The fourth-order valence-corrected chi connectivity index (χ4v) is 4.25. The molecule has 1 saturated heterocycles. The molecule has 0 bridgehead atoms. The molecule has 0 radical (unpaired) electrons. The molecule has 41 heavy (non-hydrogen) atoms. The number of pyridine rings is 1. The van der Waals surface area contributed by atoms with Crippen molar-refractivity contribution in [2.75, 3.05) is 24.6 Å². The number of amidine groups is 1. The summed E-state index contributed by atoms with van der Waals surface area (Å²) in [5, 5.41) is 17.9. The van der Waals surface area contributed by atoms with Crippen LogP contribution < -0.4 is 31.6 Å². The highest BCUT2D eigenvalue weighted by atomic mass is 19.1. The lowest BCUT2D eigenvalue weighted by Gasteiger charge is -2.33. The Hall–Kier alpha value is -5.14. The van der Waals surface area contributed by atoms with Crippen molar-refractivity contribution in [1.29, 1.82) is 5.41 Å². The van der Waals surface area contributed by atoms with Gasteiger partial charge >= 0.3 is 5.97 Å². The molecule has 0 saturated carbocycles. The van der Waals surface area contributed by atoms with Crippen LogP contribution in [0.1, 0.15) is 25.3 Å². The van der Waals surface area contributed by atoms with E-state index in [0.29, 0.717) is 18.5 Å². The van der Waals surface area contributed by atoms with Gasteiger partial charge in [0.25, 0.3) is 11.8 Å². The molecule has 1 aliphatic heterocycles. The summed E-state index contributed by atoms with van der Waals surface area (Å²) in [6, 6.07) is 9.84. The number of nitrogens with one attached hydrogen (secondary N) is 1. The molecule has 0 aliphatic carbocycles. The highest BCUT2D eigenvalue weighted by molar-refractivity contribution is 5.95. The van der Waals surface area contributed by atoms with Gasteiger partial charge < -0.3 is 41.4 Å². The van der Waals surface area contributed by atoms with Gasteiger partial charge in [-0.25, -0.2) is 4.99 Å². The molecule has 14 heteroatoms. The van der Waals surface area contributed by atoms with E-state index in [-0.39, 0.29) is 54.5 Å². The first-order chi connectivity index (χ1) is 19.6. The zero-order valence-electron chi connectivity index (χ0n) is 22.1. The Labute approximate surface area is 233 Å². The second-order valence-corrected chi connectivity index (χ2v) is 9.05. The number of hydrogen-bond acceptors (Lipinski definition) is 9. The van der Waals surface area contributed by atoms with Crippen molar-refractivity contribution in [2.24, 2.45) is 28.1 Å². The van der Waals surface area contributed by atoms with Crippen molar-refractivity contribution in [3.05, 3.63) is 59.7 Å². The second-order valence-electron chi connectivity index (χ2n) is 9.05. The van der Waals surface area contributed by atoms with Crippen LogP contribution in [-0.4, -0.2) is 47.6 Å². The summed E-state index contributed by atoms with van der Waals surface area (Å²) >= 11 is 0. The van der Waals surface area contributed by atoms with Crippen molar-refractivity contribution in [3.8, 4) is 29.0 Å². The number of aromatic nitrogens is 1. The van der Waals surface area contributed by atoms with Crippen LogP contribution in [0.3, 0.4) is 0 Å². The Morgan fingerprint density at radius 1 is 1.10 bits per heavy atom. The van der Waals surface area contributed by atoms with Gasteiger partial charge in [-0.05, 0) is 50.1 Å². The Morgan fingerprint density at radius 3 is 2.41 bits per heavy atom. The number of phenols is 1. The van der Waals surface area contributed by atoms with Crippen LogP contribution in [0.5, 0.6) is 29.0 Å². The first-order valence-electron chi connectivity index (χ1n) is 12.6. The molecule has 12 nitrogen and oxygen atoms in total. The number of aromatic hydroxyl groups is 1. The third-order valence-corrected chi connectivity index (χ3v) is 6.19. The number of piperidine rings is 1. The number of carbonyl (C=O) groups excluding carboxylic acids is 1. The molecule has 1 fully saturated rings. The summed E-state index contributed by atoms with van der Waals surface area (Å²) in [5.41, 5.74) is 16.4. The average molecular weight is 570 g/mol. The number of rotatable bonds is 9. The van der Waals surface area contributed by atoms with Crippen LogP contribution in [0.2, 0.25) is 0 Å². The van der Waals surface area contributed by atoms with Gasteiger partial charge in [-0.3, -0.25) is 10.2 Å². The van der Waals surface area contributed by atoms with Crippen molar-refractivity contribution in [2.45, 2.75) is 19.8 Å². The maximum absolute atomic E-state index is 15.9. The second kappa shape index (κ2) is 12.4. The number of carbonyl (C=O) groups is 1. The van der Waals surface area contributed by atoms with Gasteiger partial charge in [0.05, 0.1) is 18.2 Å². The maximum Gasteiger partial charge on any atom is 0.309 e. The van der Waals surface area contributed by atoms with Gasteiger partial charge in [0.1, 0.15) is 17.3 Å². The largest absolute Gasteiger partial charge is 0.504 e. The summed E-state index contributed by atoms with van der Waals surface area (Å²) < 4.78 is 48.1. The lowest BCUT2D eigenvalue weighted by atomic mass is 9.96. The van der Waals surface area contributed by atoms with E-state index in [1.165, 1.54) is 35.2 Å². The quantitative estimate of drug-likeness (QED) is 0.144. The van der Waals surface area contributed by atoms with Gasteiger partial charge in [0.2, 0.25) is 11.6 Å². The van der Waals surface area contributed by atoms with E-state index in [1.807, 2.05) is 0 Å². The third kappa shape index (κ3) is 6.72. The van der Waals surface area contributed by atoms with E-state index in [9.17, 15) is 9.90 Å². The van der Waals surface area contributed by atoms with E-state index in [4.69, 9.17) is 36.8 Å². The predicted molar refractivity (Wildman–Crippen MR) is 147 cm³/mol. The van der Waals surface area contributed by atoms with Crippen LogP contribution >= 0.6 is 0 Å². The number of guanidine groups is 1. The van der Waals surface area contributed by atoms with Gasteiger partial charge in [0.15, 0.2) is 17.5 Å². The first kappa shape index (κ1) is 28.9. The Morgan fingerprint density at radius 2 is 1.78 bits per heavy atom. The molecule has 0 unspecified atom stereocenters. The van der Waals surface area contributed by atoms with Crippen LogP contribution in [0.4, 0.5) is 20.2 Å². The van der Waals surface area contributed by atoms with E-state index in [0.717, 1.165) is 0 Å². The van der Waals surface area contributed by atoms with Gasteiger partial charge in [-0.2, -0.15) is 13.8 Å². The number of nitrogens with two attached hydrogens (primary N) is 3. The zero-order valence-corrected chi connectivity index (χ0v) is 22.1. The molecule has 3 aromatic rings. The zero-order chi connectivity index (χ0) is 29.7. The molecule has 8 N–H and O–H groups in total. The molecular weight excluding hydrogens is 540 g/mol. The number of anilines is 1. The lowest BCUT2D eigenvalue weighted by Crippen LogP contribution is -2.38. The third-order valence-electron chi connectivity index (χ3n) is 6.19. The Balaban J connectivity index is 1.75. The summed E-state index contributed by atoms with van der Waals surface area (Å²) in [7, 11) is 0. The van der Waals surface area contributed by atoms with Gasteiger partial charge in [-0.1, -0.05) is 6.07 Å². The lowest BCUT2D eigenvalue weighted by molar-refractivity contribution is -0.148. The van der Waals surface area contributed by atoms with E-state index >= 15 is 8.78 Å². The molecule has 1 aliphatic rings. The number of benzene rings is 2. The fourth-order valence-electron chi connectivity index (χ4n) is 4.25. The molecule has 2 aromatic carbocycles. The summed E-state index contributed by atoms with van der Waals surface area (Å²) in [6.07, 6.45) is 0.600. The number of phenolic OH excluding ortho intramolecular Hbond substituents is 1. The standard InChI is InChI=1S/C27H29F2N7O5/c1-2-39-26(38)14-8-10-36(11-9-14)22-20(28)24(40-17-5-3-4-16(13-17)34-27(32)33)35-25(21(22)29)41-19-12-15(23(30)31)6-7-18(19)37/h3-7,12-14,37H,2,8-11H2,1H3,(H3,30,31)(H4,32,33,34). The molecule has 4 rings (SSSR count). The summed E-state index contributed by atoms with van der Waals surface area (Å²) in [6.45, 7) is 2.20. The molecular formula is C27H29F2N7O5. The SMILES string of the molecule is CCOC(=O)C1CCN(c2c(F)c(Oc3cccc(N=C(N)N)c3)nc(Oc3cc(C(=N)N)ccc3O)c2F)CC1. The normalized spacial score (nSPS) is 13.4. The number of hydrogen-bond donors (Lipinski definition) is 5. The minimum absolute atomic E-state index is 0.0878. The van der Waals surface area contributed by atoms with Gasteiger partial charge in [-0.15, -0.1) is 0 Å². The monoisotopic (exact) mass is 569 g/mol. The number of esters is 1. The predicted octanol–water partition coefficient (Wildman–Crippen LogP) is 3.62. The number of nitrogen functional groups attached to an aromatic ring is 1. The summed E-state index contributed by atoms with van der Waals surface area (Å²) in [4.78, 5) is 21.4. The number of halogens is 2. The number of aliphatic imine (C=N–C) groups is 1. The molecule has 0 atom stereocenters. The number of nitrogens with zero attached hydrogens (tertiary/aromatic N) is 3. The van der Waals surface area contributed by atoms with Crippen molar-refractivity contribution < 1.29 is 32.9 Å². The molecule has 2 heterocycles. The first-order valence-corrected chi connectivity index (χ1v) is 12.6.